The van der Waals surface area contributed by atoms with Crippen LogP contribution in [0.15, 0.2) is 0 Å². The molecule has 2 nitrogen and oxygen atoms in total. The molecule has 0 saturated carbocycles. The fraction of sp³-hybridized carbons (Fsp3) is 1.00. The van der Waals surface area contributed by atoms with Crippen molar-refractivity contribution in [2.75, 3.05) is 17.6 Å². The Morgan fingerprint density at radius 1 is 1.38 bits per heavy atom. The summed E-state index contributed by atoms with van der Waals surface area (Å²) in [7, 11) is 0. The summed E-state index contributed by atoms with van der Waals surface area (Å²) < 4.78 is 1.05. The van der Waals surface area contributed by atoms with Gasteiger partial charge in [-0.3, -0.25) is 5.09 Å². The Bertz CT molecular complexity index is 40.3. The molecule has 8 heavy (non-hydrogen) atoms. The molecule has 0 heterocycles. The van der Waals surface area contributed by atoms with E-state index < -0.39 is 0 Å². The lowest BCUT2D eigenvalue weighted by atomic mass is 10.7. The van der Waals surface area contributed by atoms with Gasteiger partial charge in [0.05, 0.1) is 0 Å². The minimum absolute atomic E-state index is 0.847. The first-order chi connectivity index (χ1) is 3.91. The zero-order valence-electron chi connectivity index (χ0n) is 4.38. The van der Waals surface area contributed by atoms with Gasteiger partial charge in [-0.15, -0.1) is 0 Å². The van der Waals surface area contributed by atoms with Gasteiger partial charge in [-0.1, -0.05) is 22.6 Å². The van der Waals surface area contributed by atoms with Crippen molar-refractivity contribution in [3.8, 4) is 0 Å². The quantitative estimate of drug-likeness (QED) is 0.256. The van der Waals surface area contributed by atoms with Crippen LogP contribution in [0, 0.1) is 0 Å². The molecule has 2 N–H and O–H groups in total. The number of rotatable bonds is 5. The molecule has 0 saturated heterocycles. The molecule has 0 radical (unpaired) electrons. The van der Waals surface area contributed by atoms with E-state index in [9.17, 15) is 0 Å². The first-order valence-corrected chi connectivity index (χ1v) is 7.91. The molecular formula is C3H9I2N2P. The second-order valence-electron chi connectivity index (χ2n) is 1.15. The van der Waals surface area contributed by atoms with E-state index in [1.807, 2.05) is 0 Å². The number of hydrogen-bond acceptors (Lipinski definition) is 2. The summed E-state index contributed by atoms with van der Waals surface area (Å²) in [6, 6.07) is 0. The first kappa shape index (κ1) is 9.81. The van der Waals surface area contributed by atoms with Crippen molar-refractivity contribution in [1.29, 1.82) is 0 Å². The summed E-state index contributed by atoms with van der Waals surface area (Å²) in [4.78, 5) is 0. The van der Waals surface area contributed by atoms with Gasteiger partial charge >= 0.3 is 0 Å². The number of alkyl halides is 1. The van der Waals surface area contributed by atoms with Crippen LogP contribution in [0.1, 0.15) is 0 Å². The molecule has 0 aromatic carbocycles. The van der Waals surface area contributed by atoms with Crippen LogP contribution in [-0.4, -0.2) is 17.6 Å². The SMILES string of the molecule is ICNCCNPI. The van der Waals surface area contributed by atoms with Crippen LogP contribution in [0.4, 0.5) is 0 Å². The molecule has 0 aliphatic carbocycles. The van der Waals surface area contributed by atoms with E-state index in [1.165, 1.54) is 0 Å². The molecular weight excluding hydrogens is 349 g/mol. The molecule has 50 valence electrons. The molecule has 0 bridgehead atoms. The van der Waals surface area contributed by atoms with Crippen molar-refractivity contribution in [2.24, 2.45) is 0 Å². The Hall–Kier alpha value is 1.81. The molecule has 0 spiro atoms. The Morgan fingerprint density at radius 3 is 2.62 bits per heavy atom. The summed E-state index contributed by atoms with van der Waals surface area (Å²) in [6.07, 6.45) is 0.847. The molecule has 0 aromatic rings. The molecule has 0 amide bonds. The van der Waals surface area contributed by atoms with Gasteiger partial charge in [-0.05, 0) is 22.0 Å². The first-order valence-electron chi connectivity index (χ1n) is 2.27. The van der Waals surface area contributed by atoms with Gasteiger partial charge < -0.3 is 5.32 Å². The highest BCUT2D eigenvalue weighted by atomic mass is 127. The largest absolute Gasteiger partial charge is 0.307 e. The van der Waals surface area contributed by atoms with Crippen molar-refractivity contribution < 1.29 is 0 Å². The minimum atomic E-state index is 0.847. The minimum Gasteiger partial charge on any atom is -0.307 e. The maximum Gasteiger partial charge on any atom is 0.0480 e. The van der Waals surface area contributed by atoms with Gasteiger partial charge in [0.2, 0.25) is 0 Å². The Balaban J connectivity index is 2.53. The van der Waals surface area contributed by atoms with Crippen molar-refractivity contribution in [1.82, 2.24) is 10.4 Å². The van der Waals surface area contributed by atoms with Crippen LogP contribution in [0.3, 0.4) is 0 Å². The smallest absolute Gasteiger partial charge is 0.0480 e. The van der Waals surface area contributed by atoms with E-state index in [0.29, 0.717) is 0 Å². The fourth-order valence-electron chi connectivity index (χ4n) is 0.265. The van der Waals surface area contributed by atoms with Crippen LogP contribution in [0.5, 0.6) is 0 Å². The van der Waals surface area contributed by atoms with Crippen molar-refractivity contribution in [3.63, 3.8) is 0 Å². The summed E-state index contributed by atoms with van der Waals surface area (Å²) in [5.74, 6) is 0. The lowest BCUT2D eigenvalue weighted by Gasteiger charge is -1.98. The van der Waals surface area contributed by atoms with Crippen LogP contribution in [-0.2, 0) is 0 Å². The predicted octanol–water partition coefficient (Wildman–Crippen LogP) is 1.50. The van der Waals surface area contributed by atoms with E-state index >= 15 is 0 Å². The van der Waals surface area contributed by atoms with Gasteiger partial charge in [0, 0.05) is 24.0 Å². The van der Waals surface area contributed by atoms with Crippen LogP contribution < -0.4 is 10.4 Å². The maximum absolute atomic E-state index is 3.23. The van der Waals surface area contributed by atoms with Crippen LogP contribution in [0.2, 0.25) is 0 Å². The summed E-state index contributed by atoms with van der Waals surface area (Å²) in [5.41, 5.74) is 0. The highest BCUT2D eigenvalue weighted by Gasteiger charge is 1.80. The maximum atomic E-state index is 3.23. The van der Waals surface area contributed by atoms with Gasteiger partial charge in [0.1, 0.15) is 0 Å². The zero-order valence-corrected chi connectivity index (χ0v) is 9.69. The number of hydrogen-bond donors (Lipinski definition) is 2. The molecule has 0 aliphatic rings. The Morgan fingerprint density at radius 2 is 2.12 bits per heavy atom. The van der Waals surface area contributed by atoms with Gasteiger partial charge in [0.25, 0.3) is 0 Å². The topological polar surface area (TPSA) is 24.1 Å². The van der Waals surface area contributed by atoms with Crippen molar-refractivity contribution in [3.05, 3.63) is 0 Å². The summed E-state index contributed by atoms with van der Waals surface area (Å²) >= 11 is 4.63. The van der Waals surface area contributed by atoms with Crippen molar-refractivity contribution in [2.45, 2.75) is 0 Å². The third kappa shape index (κ3) is 7.81. The lowest BCUT2D eigenvalue weighted by Crippen LogP contribution is -2.21. The molecule has 5 heteroatoms. The highest BCUT2D eigenvalue weighted by Crippen LogP contribution is 2.12. The van der Waals surface area contributed by atoms with Gasteiger partial charge in [-0.2, -0.15) is 0 Å². The van der Waals surface area contributed by atoms with E-state index in [2.05, 4.69) is 55.0 Å². The van der Waals surface area contributed by atoms with Crippen LogP contribution >= 0.6 is 51.0 Å². The van der Waals surface area contributed by atoms with Gasteiger partial charge in [0.15, 0.2) is 0 Å². The molecule has 0 rings (SSSR count). The summed E-state index contributed by atoms with van der Waals surface area (Å²) in [5, 5.41) is 6.44. The molecule has 0 aliphatic heterocycles. The Labute approximate surface area is 78.4 Å². The van der Waals surface area contributed by atoms with Crippen molar-refractivity contribution >= 4 is 51.0 Å². The average Bonchev–Trinajstić information content (AvgIpc) is 1.81. The van der Waals surface area contributed by atoms with E-state index in [0.717, 1.165) is 24.0 Å². The third-order valence-electron chi connectivity index (χ3n) is 0.588. The molecule has 0 aromatic heterocycles. The second-order valence-corrected chi connectivity index (χ2v) is 4.08. The normalized spacial score (nSPS) is 11.2. The van der Waals surface area contributed by atoms with E-state index in [-0.39, 0.29) is 0 Å². The number of halogens is 2. The van der Waals surface area contributed by atoms with Crippen LogP contribution in [0.25, 0.3) is 0 Å². The molecule has 1 unspecified atom stereocenters. The van der Waals surface area contributed by atoms with Gasteiger partial charge in [-0.25, -0.2) is 0 Å². The fourth-order valence-corrected chi connectivity index (χ4v) is 1.67. The Kier molecular flexibility index (Phi) is 10.8. The lowest BCUT2D eigenvalue weighted by molar-refractivity contribution is 0.769. The van der Waals surface area contributed by atoms with E-state index in [4.69, 9.17) is 0 Å². The summed E-state index contributed by atoms with van der Waals surface area (Å²) in [6.45, 7) is 2.17. The standard InChI is InChI=1S/C3H9I2N2P/c4-3-6-1-2-7-8-5/h6-8H,1-3H2. The average molecular weight is 358 g/mol. The highest BCUT2D eigenvalue weighted by molar-refractivity contribution is 14.2. The molecule has 1 atom stereocenters. The zero-order chi connectivity index (χ0) is 6.24. The predicted molar refractivity (Wildman–Crippen MR) is 57.2 cm³/mol. The monoisotopic (exact) mass is 358 g/mol. The second kappa shape index (κ2) is 8.81. The number of nitrogens with one attached hydrogen (secondary N) is 2. The van der Waals surface area contributed by atoms with E-state index in [1.54, 1.807) is 0 Å². The molecule has 0 fully saturated rings. The third-order valence-corrected chi connectivity index (χ3v) is 2.66.